The van der Waals surface area contributed by atoms with Crippen LogP contribution in [0.1, 0.15) is 34.6 Å². The zero-order valence-electron chi connectivity index (χ0n) is 22.5. The van der Waals surface area contributed by atoms with Crippen molar-refractivity contribution in [1.29, 1.82) is 0 Å². The molecule has 0 saturated carbocycles. The van der Waals surface area contributed by atoms with Crippen molar-refractivity contribution in [2.24, 2.45) is 11.8 Å². The number of carbonyl (C=O) groups excluding carboxylic acids is 2. The maximum atomic E-state index is 13.8. The van der Waals surface area contributed by atoms with E-state index in [2.05, 4.69) is 0 Å². The minimum absolute atomic E-state index is 0.0659. The second-order valence-electron chi connectivity index (χ2n) is 11.7. The van der Waals surface area contributed by atoms with E-state index in [0.29, 0.717) is 22.3 Å². The van der Waals surface area contributed by atoms with Crippen molar-refractivity contribution in [2.75, 3.05) is 0 Å². The number of phenols is 1. The summed E-state index contributed by atoms with van der Waals surface area (Å²) >= 11 is 0. The molecular weight excluding hydrogens is 508 g/mol. The fourth-order valence-electron chi connectivity index (χ4n) is 7.65. The minimum Gasteiger partial charge on any atom is -0.507 e. The lowest BCUT2D eigenvalue weighted by molar-refractivity contribution is 0.0961. The minimum atomic E-state index is -0.359. The highest BCUT2D eigenvalue weighted by molar-refractivity contribution is 6.39. The van der Waals surface area contributed by atoms with Gasteiger partial charge in [0.15, 0.2) is 11.6 Å². The van der Waals surface area contributed by atoms with Gasteiger partial charge in [-0.05, 0) is 58.3 Å². The number of phenolic OH excluding ortho intramolecular Hbond substituents is 1. The molecule has 0 heterocycles. The lowest BCUT2D eigenvalue weighted by Gasteiger charge is -2.28. The third-order valence-electron chi connectivity index (χ3n) is 9.18. The highest BCUT2D eigenvalue weighted by Gasteiger charge is 2.34. The van der Waals surface area contributed by atoms with Crippen molar-refractivity contribution in [3.8, 4) is 11.5 Å². The monoisotopic (exact) mass is 532 g/mol. The molecule has 5 aromatic carbocycles. The van der Waals surface area contributed by atoms with Crippen LogP contribution in [0.25, 0.3) is 54.2 Å². The quantitative estimate of drug-likeness (QED) is 0.211. The van der Waals surface area contributed by atoms with E-state index in [9.17, 15) is 14.7 Å². The maximum Gasteiger partial charge on any atom is 0.174 e. The third-order valence-corrected chi connectivity index (χ3v) is 9.18. The van der Waals surface area contributed by atoms with Crippen molar-refractivity contribution in [1.82, 2.24) is 0 Å². The summed E-state index contributed by atoms with van der Waals surface area (Å²) in [6.45, 7) is 3.99. The normalized spacial score (nSPS) is 20.4. The van der Waals surface area contributed by atoms with Crippen molar-refractivity contribution < 1.29 is 19.4 Å². The van der Waals surface area contributed by atoms with Crippen molar-refractivity contribution >= 4 is 65.8 Å². The Morgan fingerprint density at radius 1 is 0.659 bits per heavy atom. The zero-order chi connectivity index (χ0) is 27.7. The van der Waals surface area contributed by atoms with Crippen LogP contribution in [-0.4, -0.2) is 22.8 Å². The Labute approximate surface area is 234 Å². The molecule has 1 N–H and O–H groups in total. The lowest BCUT2D eigenvalue weighted by atomic mass is 9.75. The molecule has 2 unspecified atom stereocenters. The number of hydrogen-bond acceptors (Lipinski definition) is 4. The largest absolute Gasteiger partial charge is 0.507 e. The fraction of sp³-hybridized carbons (Fsp3) is 0.135. The van der Waals surface area contributed by atoms with Gasteiger partial charge < -0.3 is 9.84 Å². The molecule has 4 nitrogen and oxygen atoms in total. The predicted octanol–water partition coefficient (Wildman–Crippen LogP) is 6.41. The number of aromatic hydroxyl groups is 1. The van der Waals surface area contributed by atoms with Gasteiger partial charge in [-0.3, -0.25) is 9.59 Å². The van der Waals surface area contributed by atoms with Crippen LogP contribution in [0.15, 0.2) is 85.0 Å². The fourth-order valence-corrected chi connectivity index (χ4v) is 7.65. The average Bonchev–Trinajstić information content (AvgIpc) is 2.98. The zero-order valence-corrected chi connectivity index (χ0v) is 22.5. The molecule has 9 rings (SSSR count). The van der Waals surface area contributed by atoms with Gasteiger partial charge in [0.1, 0.15) is 11.5 Å². The Morgan fingerprint density at radius 3 is 1.76 bits per heavy atom. The van der Waals surface area contributed by atoms with Gasteiger partial charge >= 0.3 is 0 Å². The number of ketones is 2. The van der Waals surface area contributed by atoms with Gasteiger partial charge in [0.25, 0.3) is 0 Å². The molecule has 4 aliphatic rings. The van der Waals surface area contributed by atoms with Gasteiger partial charge in [-0.25, -0.2) is 0 Å². The number of rotatable bonds is 2. The Bertz CT molecular complexity index is 2360. The second kappa shape index (κ2) is 7.61. The maximum absolute atomic E-state index is 13.8. The molecule has 0 fully saturated rings. The molecule has 196 valence electrons. The lowest BCUT2D eigenvalue weighted by Crippen LogP contribution is -2.28. The van der Waals surface area contributed by atoms with E-state index in [1.807, 2.05) is 98.9 Å². The van der Waals surface area contributed by atoms with E-state index in [0.717, 1.165) is 59.3 Å². The van der Waals surface area contributed by atoms with E-state index in [-0.39, 0.29) is 35.3 Å². The predicted molar refractivity (Wildman–Crippen MR) is 163 cm³/mol. The molecule has 41 heavy (non-hydrogen) atoms. The number of fused-ring (bicyclic) bond motifs is 4. The molecule has 0 spiro atoms. The number of carbonyl (C=O) groups is 2. The first kappa shape index (κ1) is 22.8. The molecule has 0 radical (unpaired) electrons. The Kier molecular flexibility index (Phi) is 4.24. The molecule has 4 heteroatoms. The summed E-state index contributed by atoms with van der Waals surface area (Å²) in [6.07, 6.45) is 15.5. The summed E-state index contributed by atoms with van der Waals surface area (Å²) in [4.78, 5) is 27.6. The highest BCUT2D eigenvalue weighted by atomic mass is 16.5. The molecule has 0 bridgehead atoms. The number of hydrogen-bond donors (Lipinski definition) is 1. The van der Waals surface area contributed by atoms with Crippen LogP contribution >= 0.6 is 0 Å². The van der Waals surface area contributed by atoms with Gasteiger partial charge in [-0.15, -0.1) is 0 Å². The van der Waals surface area contributed by atoms with E-state index in [1.165, 1.54) is 0 Å². The number of allylic oxidation sites excluding steroid dienone is 8. The summed E-state index contributed by atoms with van der Waals surface area (Å²) in [6, 6.07) is 11.8. The first-order chi connectivity index (χ1) is 19.9. The summed E-state index contributed by atoms with van der Waals surface area (Å²) in [5.74, 6) is 0.261. The topological polar surface area (TPSA) is 63.6 Å². The van der Waals surface area contributed by atoms with Gasteiger partial charge in [-0.1, -0.05) is 72.9 Å². The van der Waals surface area contributed by atoms with Gasteiger partial charge in [0, 0.05) is 43.4 Å². The molecular formula is C37H24O4. The van der Waals surface area contributed by atoms with E-state index in [1.54, 1.807) is 0 Å². The summed E-state index contributed by atoms with van der Waals surface area (Å²) < 4.78 is 6.51. The van der Waals surface area contributed by atoms with Gasteiger partial charge in [-0.2, -0.15) is 0 Å². The number of ether oxygens (including phenoxy) is 1. The van der Waals surface area contributed by atoms with Crippen LogP contribution in [0.2, 0.25) is 0 Å². The molecule has 0 aromatic heterocycles. The molecule has 2 atom stereocenters. The van der Waals surface area contributed by atoms with Crippen molar-refractivity contribution in [3.63, 3.8) is 0 Å². The third kappa shape index (κ3) is 2.70. The Hall–Kier alpha value is -4.96. The average molecular weight is 533 g/mol. The molecule has 4 aliphatic carbocycles. The van der Waals surface area contributed by atoms with E-state index < -0.39 is 0 Å². The first-order valence-electron chi connectivity index (χ1n) is 14.1. The van der Waals surface area contributed by atoms with Crippen molar-refractivity contribution in [2.45, 2.75) is 20.0 Å². The summed E-state index contributed by atoms with van der Waals surface area (Å²) in [7, 11) is 0. The standard InChI is InChI=1S/C37H24O4/c1-17(2)41-29-16-27-19-8-4-6-10-23(19)37(40)25-14-12-21-20-11-13-24-30-26(18-7-3-5-9-22(18)36(24)39)15-28(38)34(32(20)30)35(29)33(21)31(25)27/h3-17,22-23,38H,1-2H3. The van der Waals surface area contributed by atoms with E-state index >= 15 is 0 Å². The summed E-state index contributed by atoms with van der Waals surface area (Å²) in [5.41, 5.74) is 3.23. The molecule has 0 saturated heterocycles. The first-order valence-corrected chi connectivity index (χ1v) is 14.1. The molecule has 5 aromatic rings. The van der Waals surface area contributed by atoms with Gasteiger partial charge in [0.2, 0.25) is 0 Å². The molecule has 0 amide bonds. The Balaban J connectivity index is 1.60. The van der Waals surface area contributed by atoms with E-state index in [4.69, 9.17) is 4.74 Å². The van der Waals surface area contributed by atoms with Crippen molar-refractivity contribution in [3.05, 3.63) is 107 Å². The smallest absolute Gasteiger partial charge is 0.174 e. The van der Waals surface area contributed by atoms with Crippen LogP contribution in [0.3, 0.4) is 0 Å². The second-order valence-corrected chi connectivity index (χ2v) is 11.7. The van der Waals surface area contributed by atoms with Crippen LogP contribution in [0.5, 0.6) is 11.5 Å². The number of benzene rings is 5. The SMILES string of the molecule is CC(C)Oc1cc2c3c(ccc4c5ccc6c7c(cc(O)c(c1c34)c75)=C1C=CC=CC1C6=O)C(=O)C1C=CC=CC=21. The Morgan fingerprint density at radius 2 is 1.20 bits per heavy atom. The summed E-state index contributed by atoms with van der Waals surface area (Å²) in [5, 5.41) is 20.6. The van der Waals surface area contributed by atoms with Crippen LogP contribution in [0.4, 0.5) is 0 Å². The number of Topliss-reactive ketones (excluding diaryl/α,β-unsaturated/α-hetero) is 2. The van der Waals surface area contributed by atoms with Crippen LogP contribution in [0, 0.1) is 11.8 Å². The highest BCUT2D eigenvalue weighted by Crippen LogP contribution is 2.49. The molecule has 0 aliphatic heterocycles. The van der Waals surface area contributed by atoms with Crippen LogP contribution < -0.4 is 15.2 Å². The van der Waals surface area contributed by atoms with Gasteiger partial charge in [0.05, 0.1) is 17.9 Å². The van der Waals surface area contributed by atoms with Crippen LogP contribution in [-0.2, 0) is 0 Å².